The molecule has 1 aromatic carbocycles. The van der Waals surface area contributed by atoms with E-state index >= 15 is 0 Å². The first-order chi connectivity index (χ1) is 12.0. The molecule has 128 valence electrons. The summed E-state index contributed by atoms with van der Waals surface area (Å²) in [5, 5.41) is 9.42. The van der Waals surface area contributed by atoms with Crippen molar-refractivity contribution in [3.05, 3.63) is 58.0 Å². The van der Waals surface area contributed by atoms with E-state index < -0.39 is 0 Å². The van der Waals surface area contributed by atoms with Gasteiger partial charge in [-0.05, 0) is 19.1 Å². The summed E-state index contributed by atoms with van der Waals surface area (Å²) in [5.74, 6) is 0.623. The summed E-state index contributed by atoms with van der Waals surface area (Å²) in [6.45, 7) is 2.11. The number of thioether (sulfide) groups is 1. The van der Waals surface area contributed by atoms with Gasteiger partial charge in [0.05, 0.1) is 10.0 Å². The molecule has 25 heavy (non-hydrogen) atoms. The van der Waals surface area contributed by atoms with Gasteiger partial charge >= 0.3 is 0 Å². The zero-order valence-electron chi connectivity index (χ0n) is 13.1. The maximum Gasteiger partial charge on any atom is 0.146 e. The van der Waals surface area contributed by atoms with Crippen LogP contribution in [0.5, 0.6) is 5.75 Å². The number of nitrogens with one attached hydrogen (secondary N) is 1. The third-order valence-corrected chi connectivity index (χ3v) is 5.10. The summed E-state index contributed by atoms with van der Waals surface area (Å²) in [5.41, 5.74) is 2.23. The summed E-state index contributed by atoms with van der Waals surface area (Å²) >= 11 is 17.6. The van der Waals surface area contributed by atoms with Crippen LogP contribution in [0, 0.1) is 12.3 Å². The van der Waals surface area contributed by atoms with Gasteiger partial charge in [0, 0.05) is 33.9 Å². The number of benzene rings is 1. The number of pyridine rings is 2. The zero-order chi connectivity index (χ0) is 18.0. The van der Waals surface area contributed by atoms with Crippen LogP contribution in [0.2, 0.25) is 10.0 Å². The molecule has 2 heterocycles. The van der Waals surface area contributed by atoms with Crippen LogP contribution in [0.15, 0.2) is 41.6 Å². The second-order valence-corrected chi connectivity index (χ2v) is 7.81. The van der Waals surface area contributed by atoms with Crippen LogP contribution >= 0.6 is 47.6 Å². The molecule has 0 aliphatic carbocycles. The van der Waals surface area contributed by atoms with Crippen molar-refractivity contribution in [1.82, 2.24) is 9.97 Å². The second-order valence-electron chi connectivity index (χ2n) is 5.19. The molecule has 0 bridgehead atoms. The van der Waals surface area contributed by atoms with Gasteiger partial charge in [-0.3, -0.25) is 10.4 Å². The van der Waals surface area contributed by atoms with E-state index in [1.54, 1.807) is 0 Å². The molecule has 0 unspecified atom stereocenters. The van der Waals surface area contributed by atoms with Crippen LogP contribution in [0.3, 0.4) is 0 Å². The summed E-state index contributed by atoms with van der Waals surface area (Å²) in [4.78, 5) is 9.44. The SMILES string of the molecule is Cc1cc(SC(=N)S)c2cccc(OCc3c(Cl)cncc3Cl)c2n1. The largest absolute Gasteiger partial charge is 0.487 e. The molecule has 3 rings (SSSR count). The fourth-order valence-corrected chi connectivity index (χ4v) is 3.82. The van der Waals surface area contributed by atoms with Gasteiger partial charge in [-0.25, -0.2) is 4.98 Å². The van der Waals surface area contributed by atoms with Gasteiger partial charge in [0.15, 0.2) is 0 Å². The number of aryl methyl sites for hydroxylation is 1. The maximum absolute atomic E-state index is 7.61. The smallest absolute Gasteiger partial charge is 0.146 e. The minimum Gasteiger partial charge on any atom is -0.487 e. The van der Waals surface area contributed by atoms with Crippen molar-refractivity contribution in [1.29, 1.82) is 5.41 Å². The van der Waals surface area contributed by atoms with Crippen molar-refractivity contribution in [2.45, 2.75) is 18.4 Å². The standard InChI is InChI=1S/C17H13Cl2N3OS2/c1-9-5-15(25-17(20)24)10-3-2-4-14(16(10)22-9)23-8-11-12(18)6-21-7-13(11)19/h2-7H,8H2,1H3,(H2,20,24). The van der Waals surface area contributed by atoms with Gasteiger partial charge in [0.25, 0.3) is 0 Å². The van der Waals surface area contributed by atoms with Gasteiger partial charge < -0.3 is 4.74 Å². The summed E-state index contributed by atoms with van der Waals surface area (Å²) < 4.78 is 6.16. The summed E-state index contributed by atoms with van der Waals surface area (Å²) in [6, 6.07) is 7.60. The number of hydrogen-bond acceptors (Lipinski definition) is 5. The Hall–Kier alpha value is -1.47. The third-order valence-electron chi connectivity index (χ3n) is 3.42. The molecule has 4 nitrogen and oxygen atoms in total. The van der Waals surface area contributed by atoms with Crippen molar-refractivity contribution in [2.75, 3.05) is 0 Å². The lowest BCUT2D eigenvalue weighted by Crippen LogP contribution is -2.00. The number of aromatic nitrogens is 2. The van der Waals surface area contributed by atoms with Crippen molar-refractivity contribution in [3.8, 4) is 5.75 Å². The average molecular weight is 410 g/mol. The first-order valence-corrected chi connectivity index (χ1v) is 9.24. The Morgan fingerprint density at radius 1 is 1.28 bits per heavy atom. The summed E-state index contributed by atoms with van der Waals surface area (Å²) in [7, 11) is 0. The lowest BCUT2D eigenvalue weighted by atomic mass is 10.2. The van der Waals surface area contributed by atoms with Gasteiger partial charge in [0.1, 0.15) is 22.2 Å². The van der Waals surface area contributed by atoms with E-state index in [1.807, 2.05) is 31.2 Å². The van der Waals surface area contributed by atoms with E-state index in [0.717, 1.165) is 21.5 Å². The van der Waals surface area contributed by atoms with E-state index in [-0.39, 0.29) is 11.0 Å². The third kappa shape index (κ3) is 4.20. The molecular weight excluding hydrogens is 397 g/mol. The number of rotatable bonds is 4. The summed E-state index contributed by atoms with van der Waals surface area (Å²) in [6.07, 6.45) is 3.06. The van der Waals surface area contributed by atoms with Gasteiger partial charge in [0.2, 0.25) is 0 Å². The van der Waals surface area contributed by atoms with Crippen molar-refractivity contribution in [2.24, 2.45) is 0 Å². The lowest BCUT2D eigenvalue weighted by Gasteiger charge is -2.13. The van der Waals surface area contributed by atoms with E-state index in [2.05, 4.69) is 22.6 Å². The molecule has 0 atom stereocenters. The predicted octanol–water partition coefficient (Wildman–Crippen LogP) is 5.78. The minimum absolute atomic E-state index is 0.208. The Balaban J connectivity index is 1.99. The average Bonchev–Trinajstić information content (AvgIpc) is 2.54. The topological polar surface area (TPSA) is 58.9 Å². The normalized spacial score (nSPS) is 10.9. The molecule has 0 amide bonds. The molecule has 0 spiro atoms. The Morgan fingerprint density at radius 3 is 2.68 bits per heavy atom. The van der Waals surface area contributed by atoms with E-state index in [9.17, 15) is 0 Å². The van der Waals surface area contributed by atoms with Gasteiger partial charge in [-0.2, -0.15) is 0 Å². The van der Waals surface area contributed by atoms with Gasteiger partial charge in [-0.1, -0.05) is 47.1 Å². The molecule has 1 N–H and O–H groups in total. The highest BCUT2D eigenvalue weighted by molar-refractivity contribution is 8.32. The Morgan fingerprint density at radius 2 is 2.00 bits per heavy atom. The molecule has 0 aliphatic rings. The minimum atomic E-state index is 0.208. The molecule has 0 radical (unpaired) electrons. The van der Waals surface area contributed by atoms with Crippen LogP contribution in [-0.2, 0) is 6.61 Å². The molecular formula is C17H13Cl2N3OS2. The highest BCUT2D eigenvalue weighted by Crippen LogP contribution is 2.34. The molecule has 0 fully saturated rings. The van der Waals surface area contributed by atoms with Crippen LogP contribution in [0.1, 0.15) is 11.3 Å². The number of thiol groups is 1. The number of ether oxygens (including phenoxy) is 1. The van der Waals surface area contributed by atoms with Gasteiger partial charge in [-0.15, -0.1) is 12.6 Å². The monoisotopic (exact) mass is 409 g/mol. The van der Waals surface area contributed by atoms with Crippen LogP contribution in [0.25, 0.3) is 10.9 Å². The van der Waals surface area contributed by atoms with E-state index in [4.69, 9.17) is 33.3 Å². The maximum atomic E-state index is 7.61. The lowest BCUT2D eigenvalue weighted by molar-refractivity contribution is 0.309. The quantitative estimate of drug-likeness (QED) is 0.248. The van der Waals surface area contributed by atoms with E-state index in [0.29, 0.717) is 21.4 Å². The fourth-order valence-electron chi connectivity index (χ4n) is 2.34. The second kappa shape index (κ2) is 7.83. The number of nitrogens with zero attached hydrogens (tertiary/aromatic N) is 2. The molecule has 3 aromatic rings. The molecule has 2 aromatic heterocycles. The zero-order valence-corrected chi connectivity index (χ0v) is 16.3. The first kappa shape index (κ1) is 18.3. The van der Waals surface area contributed by atoms with Crippen LogP contribution < -0.4 is 4.74 Å². The van der Waals surface area contributed by atoms with Crippen molar-refractivity contribution < 1.29 is 4.74 Å². The van der Waals surface area contributed by atoms with Crippen molar-refractivity contribution in [3.63, 3.8) is 0 Å². The molecule has 8 heteroatoms. The Kier molecular flexibility index (Phi) is 5.74. The highest BCUT2D eigenvalue weighted by Gasteiger charge is 2.12. The van der Waals surface area contributed by atoms with Crippen LogP contribution in [-0.4, -0.2) is 14.3 Å². The highest BCUT2D eigenvalue weighted by atomic mass is 35.5. The Bertz CT molecular complexity index is 946. The molecule has 0 saturated carbocycles. The Labute approximate surface area is 164 Å². The first-order valence-electron chi connectivity index (χ1n) is 7.22. The molecule has 0 aliphatic heterocycles. The predicted molar refractivity (Wildman–Crippen MR) is 108 cm³/mol. The fraction of sp³-hybridized carbons (Fsp3) is 0.118. The molecule has 0 saturated heterocycles. The van der Waals surface area contributed by atoms with Crippen molar-refractivity contribution >= 4 is 62.9 Å². The number of hydrogen-bond donors (Lipinski definition) is 2. The van der Waals surface area contributed by atoms with Crippen LogP contribution in [0.4, 0.5) is 0 Å². The number of para-hydroxylation sites is 1. The van der Waals surface area contributed by atoms with E-state index in [1.165, 1.54) is 24.2 Å². The number of halogens is 2. The number of fused-ring (bicyclic) bond motifs is 1.